The van der Waals surface area contributed by atoms with Crippen LogP contribution >= 0.6 is 0 Å². The van der Waals surface area contributed by atoms with Gasteiger partial charge in [0.1, 0.15) is 0 Å². The van der Waals surface area contributed by atoms with Gasteiger partial charge in [0.05, 0.1) is 18.2 Å². The predicted molar refractivity (Wildman–Crippen MR) is 127 cm³/mol. The van der Waals surface area contributed by atoms with Gasteiger partial charge in [-0.15, -0.1) is 0 Å². The van der Waals surface area contributed by atoms with Gasteiger partial charge in [-0.2, -0.15) is 0 Å². The second-order valence-electron chi connectivity index (χ2n) is 7.91. The number of benzene rings is 2. The van der Waals surface area contributed by atoms with Crippen LogP contribution in [0, 0.1) is 0 Å². The summed E-state index contributed by atoms with van der Waals surface area (Å²) in [5.41, 5.74) is 3.39. The zero-order chi connectivity index (χ0) is 23.8. The van der Waals surface area contributed by atoms with Crippen molar-refractivity contribution >= 4 is 23.6 Å². The third-order valence-electron chi connectivity index (χ3n) is 5.53. The standard InChI is InChI=1S/C26H31N3O4/c1-4-16-29-18(3)23(25(31)33-5-2)24(28-26(29)32)20-12-9-13-21(17-20)27-22(30)15-14-19-10-7-6-8-11-19/h6-13,17,24H,4-5,14-16H2,1-3H3,(H,27,30)(H,28,32). The van der Waals surface area contributed by atoms with Crippen LogP contribution in [0.5, 0.6) is 0 Å². The minimum Gasteiger partial charge on any atom is -0.463 e. The van der Waals surface area contributed by atoms with Crippen molar-refractivity contribution in [3.8, 4) is 0 Å². The second kappa shape index (κ2) is 11.3. The third-order valence-corrected chi connectivity index (χ3v) is 5.53. The summed E-state index contributed by atoms with van der Waals surface area (Å²) in [5, 5.41) is 5.85. The first-order chi connectivity index (χ1) is 15.9. The van der Waals surface area contributed by atoms with Crippen LogP contribution in [0.2, 0.25) is 0 Å². The molecule has 1 atom stereocenters. The van der Waals surface area contributed by atoms with E-state index in [1.165, 1.54) is 0 Å². The Bertz CT molecular complexity index is 1030. The van der Waals surface area contributed by atoms with Gasteiger partial charge in [0.25, 0.3) is 0 Å². The van der Waals surface area contributed by atoms with Crippen molar-refractivity contribution in [3.63, 3.8) is 0 Å². The highest BCUT2D eigenvalue weighted by Gasteiger charge is 2.36. The highest BCUT2D eigenvalue weighted by atomic mass is 16.5. The minimum atomic E-state index is -0.661. The number of anilines is 1. The molecule has 0 saturated carbocycles. The van der Waals surface area contributed by atoms with E-state index in [4.69, 9.17) is 4.74 Å². The quantitative estimate of drug-likeness (QED) is 0.549. The maximum Gasteiger partial charge on any atom is 0.338 e. The lowest BCUT2D eigenvalue weighted by Crippen LogP contribution is -2.48. The molecule has 7 nitrogen and oxygen atoms in total. The SMILES string of the molecule is CCCN1C(=O)NC(c2cccc(NC(=O)CCc3ccccc3)c2)C(C(=O)OCC)=C1C. The molecule has 0 radical (unpaired) electrons. The summed E-state index contributed by atoms with van der Waals surface area (Å²) in [6.07, 6.45) is 1.76. The van der Waals surface area contributed by atoms with Crippen molar-refractivity contribution < 1.29 is 19.1 Å². The lowest BCUT2D eigenvalue weighted by molar-refractivity contribution is -0.139. The smallest absolute Gasteiger partial charge is 0.338 e. The number of esters is 1. The van der Waals surface area contributed by atoms with Gasteiger partial charge in [0, 0.05) is 24.4 Å². The number of carbonyl (C=O) groups is 3. The topological polar surface area (TPSA) is 87.7 Å². The van der Waals surface area contributed by atoms with Gasteiger partial charge in [0.15, 0.2) is 0 Å². The van der Waals surface area contributed by atoms with Crippen LogP contribution in [0.4, 0.5) is 10.5 Å². The van der Waals surface area contributed by atoms with Crippen LogP contribution in [-0.2, 0) is 20.7 Å². The molecule has 1 aliphatic rings. The number of urea groups is 1. The summed E-state index contributed by atoms with van der Waals surface area (Å²) >= 11 is 0. The van der Waals surface area contributed by atoms with Crippen molar-refractivity contribution in [2.45, 2.75) is 46.1 Å². The van der Waals surface area contributed by atoms with E-state index in [2.05, 4.69) is 10.6 Å². The number of hydrogen-bond donors (Lipinski definition) is 2. The van der Waals surface area contributed by atoms with E-state index in [9.17, 15) is 14.4 Å². The molecule has 1 heterocycles. The number of amides is 3. The normalized spacial score (nSPS) is 15.8. The molecule has 0 bridgehead atoms. The Balaban J connectivity index is 1.81. The summed E-state index contributed by atoms with van der Waals surface area (Å²) < 4.78 is 5.29. The van der Waals surface area contributed by atoms with E-state index in [0.29, 0.717) is 41.9 Å². The van der Waals surface area contributed by atoms with Crippen LogP contribution < -0.4 is 10.6 Å². The average molecular weight is 450 g/mol. The molecule has 7 heteroatoms. The van der Waals surface area contributed by atoms with E-state index in [1.807, 2.05) is 43.3 Å². The van der Waals surface area contributed by atoms with Gasteiger partial charge >= 0.3 is 12.0 Å². The van der Waals surface area contributed by atoms with Gasteiger partial charge in [-0.3, -0.25) is 9.69 Å². The van der Waals surface area contributed by atoms with E-state index >= 15 is 0 Å². The number of carbonyl (C=O) groups excluding carboxylic acids is 3. The molecule has 2 aromatic rings. The fourth-order valence-corrected chi connectivity index (χ4v) is 3.92. The Morgan fingerprint density at radius 2 is 1.85 bits per heavy atom. The van der Waals surface area contributed by atoms with Crippen molar-refractivity contribution in [2.24, 2.45) is 0 Å². The van der Waals surface area contributed by atoms with E-state index < -0.39 is 12.0 Å². The predicted octanol–water partition coefficient (Wildman–Crippen LogP) is 4.57. The number of aryl methyl sites for hydroxylation is 1. The minimum absolute atomic E-state index is 0.102. The molecule has 3 rings (SSSR count). The van der Waals surface area contributed by atoms with Crippen LogP contribution in [0.3, 0.4) is 0 Å². The van der Waals surface area contributed by atoms with Gasteiger partial charge in [-0.1, -0.05) is 49.4 Å². The molecule has 1 unspecified atom stereocenters. The molecule has 0 spiro atoms. The molecule has 2 N–H and O–H groups in total. The summed E-state index contributed by atoms with van der Waals surface area (Å²) in [4.78, 5) is 39.6. The molecule has 0 aromatic heterocycles. The summed E-state index contributed by atoms with van der Waals surface area (Å²) in [5.74, 6) is -0.562. The lowest BCUT2D eigenvalue weighted by Gasteiger charge is -2.35. The Morgan fingerprint density at radius 3 is 2.55 bits per heavy atom. The fourth-order valence-electron chi connectivity index (χ4n) is 3.92. The third kappa shape index (κ3) is 6.00. The number of hydrogen-bond acceptors (Lipinski definition) is 4. The molecule has 0 aliphatic carbocycles. The maximum atomic E-state index is 12.8. The van der Waals surface area contributed by atoms with Gasteiger partial charge in [0.2, 0.25) is 5.91 Å². The molecule has 3 amide bonds. The molecule has 0 saturated heterocycles. The number of nitrogens with zero attached hydrogens (tertiary/aromatic N) is 1. The molecule has 33 heavy (non-hydrogen) atoms. The van der Waals surface area contributed by atoms with Crippen LogP contribution in [0.15, 0.2) is 65.9 Å². The maximum absolute atomic E-state index is 12.8. The molecular weight excluding hydrogens is 418 g/mol. The molecule has 0 fully saturated rings. The lowest BCUT2D eigenvalue weighted by atomic mass is 9.94. The zero-order valence-corrected chi connectivity index (χ0v) is 19.4. The van der Waals surface area contributed by atoms with Crippen LogP contribution in [0.1, 0.15) is 50.8 Å². The number of nitrogens with one attached hydrogen (secondary N) is 2. The Kier molecular flexibility index (Phi) is 8.24. The fraction of sp³-hybridized carbons (Fsp3) is 0.346. The second-order valence-corrected chi connectivity index (χ2v) is 7.91. The first kappa shape index (κ1) is 24.0. The number of ether oxygens (including phenoxy) is 1. The molecule has 2 aromatic carbocycles. The highest BCUT2D eigenvalue weighted by Crippen LogP contribution is 2.32. The summed E-state index contributed by atoms with van der Waals surface area (Å²) in [6, 6.07) is 16.1. The van der Waals surface area contributed by atoms with E-state index in [0.717, 1.165) is 12.0 Å². The largest absolute Gasteiger partial charge is 0.463 e. The van der Waals surface area contributed by atoms with Crippen LogP contribution in [0.25, 0.3) is 0 Å². The Labute approximate surface area is 194 Å². The Morgan fingerprint density at radius 1 is 1.09 bits per heavy atom. The van der Waals surface area contributed by atoms with Crippen molar-refractivity contribution in [1.29, 1.82) is 0 Å². The van der Waals surface area contributed by atoms with Crippen LogP contribution in [-0.4, -0.2) is 36.0 Å². The monoisotopic (exact) mass is 449 g/mol. The van der Waals surface area contributed by atoms with Gasteiger partial charge < -0.3 is 15.4 Å². The average Bonchev–Trinajstić information content (AvgIpc) is 2.81. The first-order valence-electron chi connectivity index (χ1n) is 11.3. The molecule has 1 aliphatic heterocycles. The Hall–Kier alpha value is -3.61. The summed E-state index contributed by atoms with van der Waals surface area (Å²) in [7, 11) is 0. The first-order valence-corrected chi connectivity index (χ1v) is 11.3. The van der Waals surface area contributed by atoms with E-state index in [1.54, 1.807) is 36.9 Å². The van der Waals surface area contributed by atoms with E-state index in [-0.39, 0.29) is 18.5 Å². The number of allylic oxidation sites excluding steroid dienone is 1. The molecular formula is C26H31N3O4. The number of rotatable bonds is 9. The zero-order valence-electron chi connectivity index (χ0n) is 19.4. The van der Waals surface area contributed by atoms with Gasteiger partial charge in [-0.25, -0.2) is 9.59 Å². The molecule has 174 valence electrons. The summed E-state index contributed by atoms with van der Waals surface area (Å²) in [6.45, 7) is 6.23. The van der Waals surface area contributed by atoms with Crippen molar-refractivity contribution in [2.75, 3.05) is 18.5 Å². The van der Waals surface area contributed by atoms with Crippen molar-refractivity contribution in [3.05, 3.63) is 77.0 Å². The van der Waals surface area contributed by atoms with Gasteiger partial charge in [-0.05, 0) is 49.9 Å². The highest BCUT2D eigenvalue weighted by molar-refractivity contribution is 5.95. The van der Waals surface area contributed by atoms with Crippen molar-refractivity contribution in [1.82, 2.24) is 10.2 Å².